The highest BCUT2D eigenvalue weighted by molar-refractivity contribution is 5.69. The van der Waals surface area contributed by atoms with E-state index in [9.17, 15) is 9.90 Å². The summed E-state index contributed by atoms with van der Waals surface area (Å²) in [6, 6.07) is 16.9. The van der Waals surface area contributed by atoms with Crippen LogP contribution < -0.4 is 4.74 Å². The maximum Gasteiger partial charge on any atom is 0.133 e. The second kappa shape index (κ2) is 6.35. The van der Waals surface area contributed by atoms with Gasteiger partial charge in [0.1, 0.15) is 12.0 Å². The average Bonchev–Trinajstić information content (AvgIpc) is 2.54. The SMILES string of the molecule is COc1ccc(CC(C=O)(CO)c2ccccc2)cc1. The number of carbonyl (C=O) groups excluding carboxylic acids is 1. The Kier molecular flexibility index (Phi) is 4.53. The topological polar surface area (TPSA) is 46.5 Å². The Morgan fingerprint density at radius 3 is 2.25 bits per heavy atom. The van der Waals surface area contributed by atoms with Crippen LogP contribution in [0.3, 0.4) is 0 Å². The Bertz CT molecular complexity index is 548. The minimum absolute atomic E-state index is 0.216. The number of aldehydes is 1. The van der Waals surface area contributed by atoms with Gasteiger partial charge < -0.3 is 14.6 Å². The van der Waals surface area contributed by atoms with Gasteiger partial charge in [0, 0.05) is 0 Å². The van der Waals surface area contributed by atoms with Crippen molar-refractivity contribution in [3.05, 3.63) is 65.7 Å². The Morgan fingerprint density at radius 2 is 1.75 bits per heavy atom. The van der Waals surface area contributed by atoms with Crippen LogP contribution in [-0.2, 0) is 16.6 Å². The van der Waals surface area contributed by atoms with Gasteiger partial charge in [-0.25, -0.2) is 0 Å². The predicted molar refractivity (Wildman–Crippen MR) is 78.0 cm³/mol. The van der Waals surface area contributed by atoms with E-state index in [0.717, 1.165) is 23.2 Å². The van der Waals surface area contributed by atoms with Crippen LogP contribution in [0, 0.1) is 0 Å². The molecule has 0 bridgehead atoms. The number of rotatable bonds is 6. The van der Waals surface area contributed by atoms with E-state index < -0.39 is 5.41 Å². The average molecular weight is 270 g/mol. The number of methoxy groups -OCH3 is 1. The standard InChI is InChI=1S/C17H18O3/c1-20-16-9-7-14(8-10-16)11-17(12-18,13-19)15-5-3-2-4-6-15/h2-10,12,19H,11,13H2,1H3. The van der Waals surface area contributed by atoms with E-state index in [1.165, 1.54) is 0 Å². The predicted octanol–water partition coefficient (Wildman–Crippen LogP) is 2.37. The van der Waals surface area contributed by atoms with Gasteiger partial charge in [-0.1, -0.05) is 42.5 Å². The van der Waals surface area contributed by atoms with Crippen molar-refractivity contribution in [3.63, 3.8) is 0 Å². The molecule has 0 aliphatic heterocycles. The van der Waals surface area contributed by atoms with Gasteiger partial charge in [0.2, 0.25) is 0 Å². The van der Waals surface area contributed by atoms with Crippen molar-refractivity contribution in [3.8, 4) is 5.75 Å². The lowest BCUT2D eigenvalue weighted by Crippen LogP contribution is -2.35. The van der Waals surface area contributed by atoms with Gasteiger partial charge in [-0.2, -0.15) is 0 Å². The number of hydrogen-bond acceptors (Lipinski definition) is 3. The summed E-state index contributed by atoms with van der Waals surface area (Å²) in [7, 11) is 1.61. The zero-order valence-corrected chi connectivity index (χ0v) is 11.5. The molecule has 0 aliphatic rings. The van der Waals surface area contributed by atoms with Gasteiger partial charge in [-0.3, -0.25) is 0 Å². The van der Waals surface area contributed by atoms with Crippen molar-refractivity contribution in [1.82, 2.24) is 0 Å². The first-order valence-electron chi connectivity index (χ1n) is 6.50. The van der Waals surface area contributed by atoms with Crippen LogP contribution in [0.25, 0.3) is 0 Å². The smallest absolute Gasteiger partial charge is 0.133 e. The molecule has 1 N–H and O–H groups in total. The largest absolute Gasteiger partial charge is 0.497 e. The highest BCUT2D eigenvalue weighted by atomic mass is 16.5. The molecule has 0 radical (unpaired) electrons. The third-order valence-corrected chi connectivity index (χ3v) is 3.54. The summed E-state index contributed by atoms with van der Waals surface area (Å²) in [5, 5.41) is 9.74. The first-order chi connectivity index (χ1) is 9.74. The van der Waals surface area contributed by atoms with Crippen molar-refractivity contribution >= 4 is 6.29 Å². The fourth-order valence-corrected chi connectivity index (χ4v) is 2.27. The first-order valence-corrected chi connectivity index (χ1v) is 6.50. The number of aliphatic hydroxyl groups excluding tert-OH is 1. The highest BCUT2D eigenvalue weighted by Crippen LogP contribution is 2.27. The molecule has 0 aliphatic carbocycles. The van der Waals surface area contributed by atoms with Gasteiger partial charge in [-0.05, 0) is 29.7 Å². The van der Waals surface area contributed by atoms with E-state index in [0.29, 0.717) is 6.42 Å². The molecule has 104 valence electrons. The Morgan fingerprint density at radius 1 is 1.10 bits per heavy atom. The maximum absolute atomic E-state index is 11.6. The molecule has 0 spiro atoms. The molecule has 0 amide bonds. The second-order valence-electron chi connectivity index (χ2n) is 4.82. The van der Waals surface area contributed by atoms with Crippen LogP contribution in [0.15, 0.2) is 54.6 Å². The van der Waals surface area contributed by atoms with Gasteiger partial charge in [0.05, 0.1) is 19.1 Å². The number of aliphatic hydroxyl groups is 1. The molecule has 20 heavy (non-hydrogen) atoms. The van der Waals surface area contributed by atoms with Crippen LogP contribution in [-0.4, -0.2) is 25.1 Å². The second-order valence-corrected chi connectivity index (χ2v) is 4.82. The normalized spacial score (nSPS) is 13.5. The van der Waals surface area contributed by atoms with Gasteiger partial charge >= 0.3 is 0 Å². The van der Waals surface area contributed by atoms with E-state index in [-0.39, 0.29) is 6.61 Å². The molecule has 2 aromatic carbocycles. The molecule has 0 fully saturated rings. The summed E-state index contributed by atoms with van der Waals surface area (Å²) in [5.74, 6) is 0.772. The zero-order valence-electron chi connectivity index (χ0n) is 11.5. The van der Waals surface area contributed by atoms with E-state index in [1.54, 1.807) is 7.11 Å². The van der Waals surface area contributed by atoms with Crippen molar-refractivity contribution in [2.45, 2.75) is 11.8 Å². The minimum Gasteiger partial charge on any atom is -0.497 e. The van der Waals surface area contributed by atoms with Crippen molar-refractivity contribution in [1.29, 1.82) is 0 Å². The lowest BCUT2D eigenvalue weighted by atomic mass is 9.77. The van der Waals surface area contributed by atoms with Crippen LogP contribution in [0.4, 0.5) is 0 Å². The first kappa shape index (κ1) is 14.3. The number of carbonyl (C=O) groups is 1. The molecule has 3 nitrogen and oxygen atoms in total. The highest BCUT2D eigenvalue weighted by Gasteiger charge is 2.31. The fraction of sp³-hybridized carbons (Fsp3) is 0.235. The molecule has 1 atom stereocenters. The van der Waals surface area contributed by atoms with E-state index >= 15 is 0 Å². The summed E-state index contributed by atoms with van der Waals surface area (Å²) in [5.41, 5.74) is 0.916. The summed E-state index contributed by atoms with van der Waals surface area (Å²) >= 11 is 0. The lowest BCUT2D eigenvalue weighted by molar-refractivity contribution is -0.114. The molecular formula is C17H18O3. The third-order valence-electron chi connectivity index (χ3n) is 3.54. The molecule has 3 heteroatoms. The summed E-state index contributed by atoms with van der Waals surface area (Å²) < 4.78 is 5.12. The molecule has 0 aromatic heterocycles. The van der Waals surface area contributed by atoms with Gasteiger partial charge in [0.25, 0.3) is 0 Å². The van der Waals surface area contributed by atoms with Crippen LogP contribution in [0.1, 0.15) is 11.1 Å². The number of ether oxygens (including phenoxy) is 1. The van der Waals surface area contributed by atoms with Crippen LogP contribution >= 0.6 is 0 Å². The minimum atomic E-state index is -0.893. The molecule has 0 saturated carbocycles. The zero-order chi connectivity index (χ0) is 14.4. The molecule has 0 saturated heterocycles. The van der Waals surface area contributed by atoms with Gasteiger partial charge in [0.15, 0.2) is 0 Å². The van der Waals surface area contributed by atoms with E-state index in [1.807, 2.05) is 54.6 Å². The maximum atomic E-state index is 11.6. The number of hydrogen-bond donors (Lipinski definition) is 1. The monoisotopic (exact) mass is 270 g/mol. The summed E-state index contributed by atoms with van der Waals surface area (Å²) in [6.07, 6.45) is 1.30. The Balaban J connectivity index is 2.31. The fourth-order valence-electron chi connectivity index (χ4n) is 2.27. The van der Waals surface area contributed by atoms with Gasteiger partial charge in [-0.15, -0.1) is 0 Å². The Labute approximate surface area is 118 Å². The molecule has 1 unspecified atom stereocenters. The van der Waals surface area contributed by atoms with E-state index in [4.69, 9.17) is 4.74 Å². The molecule has 2 rings (SSSR count). The van der Waals surface area contributed by atoms with Crippen LogP contribution in [0.2, 0.25) is 0 Å². The van der Waals surface area contributed by atoms with Crippen molar-refractivity contribution in [2.24, 2.45) is 0 Å². The third kappa shape index (κ3) is 2.89. The molecular weight excluding hydrogens is 252 g/mol. The molecule has 0 heterocycles. The lowest BCUT2D eigenvalue weighted by Gasteiger charge is -2.26. The summed E-state index contributed by atoms with van der Waals surface area (Å²) in [4.78, 5) is 11.6. The van der Waals surface area contributed by atoms with Crippen LogP contribution in [0.5, 0.6) is 5.75 Å². The van der Waals surface area contributed by atoms with Crippen molar-refractivity contribution in [2.75, 3.05) is 13.7 Å². The molecule has 2 aromatic rings. The number of benzene rings is 2. The van der Waals surface area contributed by atoms with Crippen molar-refractivity contribution < 1.29 is 14.6 Å². The Hall–Kier alpha value is -2.13. The van der Waals surface area contributed by atoms with E-state index in [2.05, 4.69) is 0 Å². The quantitative estimate of drug-likeness (QED) is 0.820. The summed E-state index contributed by atoms with van der Waals surface area (Å²) in [6.45, 7) is -0.216.